The van der Waals surface area contributed by atoms with Gasteiger partial charge in [0.05, 0.1) is 18.9 Å². The van der Waals surface area contributed by atoms with E-state index in [1.54, 1.807) is 13.2 Å². The second-order valence-corrected chi connectivity index (χ2v) is 4.57. The van der Waals surface area contributed by atoms with E-state index in [1.165, 1.54) is 5.56 Å². The molecule has 0 saturated carbocycles. The van der Waals surface area contributed by atoms with Crippen LogP contribution in [0.2, 0.25) is 0 Å². The van der Waals surface area contributed by atoms with Gasteiger partial charge in [0, 0.05) is 25.2 Å². The lowest BCUT2D eigenvalue weighted by atomic mass is 10.1. The molecule has 1 aromatic heterocycles. The topological polar surface area (TPSA) is 82.3 Å². The Balaban J connectivity index is 2.02. The van der Waals surface area contributed by atoms with E-state index in [0.29, 0.717) is 18.2 Å². The Hall–Kier alpha value is -2.18. The smallest absolute Gasteiger partial charge is 0.161 e. The van der Waals surface area contributed by atoms with E-state index >= 15 is 0 Å². The van der Waals surface area contributed by atoms with E-state index in [0.717, 1.165) is 30.0 Å². The van der Waals surface area contributed by atoms with Crippen LogP contribution in [-0.4, -0.2) is 23.7 Å². The van der Waals surface area contributed by atoms with Crippen LogP contribution in [0.4, 0.5) is 5.82 Å². The summed E-state index contributed by atoms with van der Waals surface area (Å²) in [6.07, 6.45) is 0.920. The van der Waals surface area contributed by atoms with Crippen LogP contribution >= 0.6 is 0 Å². The van der Waals surface area contributed by atoms with E-state index in [2.05, 4.69) is 21.5 Å². The van der Waals surface area contributed by atoms with Gasteiger partial charge in [-0.15, -0.1) is 0 Å². The van der Waals surface area contributed by atoms with Gasteiger partial charge in [-0.1, -0.05) is 0 Å². The van der Waals surface area contributed by atoms with Gasteiger partial charge in [-0.25, -0.2) is 15.8 Å². The van der Waals surface area contributed by atoms with Gasteiger partial charge < -0.3 is 14.9 Å². The summed E-state index contributed by atoms with van der Waals surface area (Å²) in [4.78, 5) is 8.88. The molecule has 1 aliphatic heterocycles. The molecule has 0 saturated heterocycles. The van der Waals surface area contributed by atoms with Crippen molar-refractivity contribution in [1.29, 1.82) is 0 Å². The normalized spacial score (nSPS) is 12.9. The van der Waals surface area contributed by atoms with E-state index < -0.39 is 0 Å². The zero-order valence-corrected chi connectivity index (χ0v) is 11.2. The Morgan fingerprint density at radius 3 is 3.05 bits per heavy atom. The van der Waals surface area contributed by atoms with Gasteiger partial charge in [0.15, 0.2) is 5.82 Å². The summed E-state index contributed by atoms with van der Waals surface area (Å²) >= 11 is 0. The number of aromatic nitrogens is 2. The van der Waals surface area contributed by atoms with Crippen molar-refractivity contribution in [3.63, 3.8) is 0 Å². The standard InChI is InChI=1S/C14H16N4O2/c1-19-8-11-7-13(18-15)17-14(16-11)10-2-3-12-9(6-10)4-5-20-12/h2-3,6-7H,4-5,8,15H2,1H3,(H,16,17,18). The molecule has 6 nitrogen and oxygen atoms in total. The number of anilines is 1. The van der Waals surface area contributed by atoms with Crippen LogP contribution in [0.15, 0.2) is 24.3 Å². The first-order valence-corrected chi connectivity index (χ1v) is 6.40. The zero-order valence-electron chi connectivity index (χ0n) is 11.2. The summed E-state index contributed by atoms with van der Waals surface area (Å²) in [6.45, 7) is 1.15. The summed E-state index contributed by atoms with van der Waals surface area (Å²) in [5.74, 6) is 7.59. The third-order valence-corrected chi connectivity index (χ3v) is 3.17. The Morgan fingerprint density at radius 2 is 2.25 bits per heavy atom. The number of hydrogen-bond acceptors (Lipinski definition) is 6. The highest BCUT2D eigenvalue weighted by Gasteiger charge is 2.14. The van der Waals surface area contributed by atoms with Crippen LogP contribution < -0.4 is 16.0 Å². The highest BCUT2D eigenvalue weighted by Crippen LogP contribution is 2.29. The van der Waals surface area contributed by atoms with Gasteiger partial charge in [-0.3, -0.25) is 0 Å². The van der Waals surface area contributed by atoms with Gasteiger partial charge in [0.2, 0.25) is 0 Å². The minimum Gasteiger partial charge on any atom is -0.493 e. The van der Waals surface area contributed by atoms with Crippen molar-refractivity contribution in [3.05, 3.63) is 35.5 Å². The number of nitrogens with two attached hydrogens (primary N) is 1. The molecule has 0 bridgehead atoms. The van der Waals surface area contributed by atoms with E-state index in [4.69, 9.17) is 15.3 Å². The number of fused-ring (bicyclic) bond motifs is 1. The first-order chi connectivity index (χ1) is 9.80. The SMILES string of the molecule is COCc1cc(NN)nc(-c2ccc3c(c2)CCO3)n1. The molecule has 3 rings (SSSR count). The van der Waals surface area contributed by atoms with Crippen LogP contribution in [0.5, 0.6) is 5.75 Å². The Bertz CT molecular complexity index is 631. The number of ether oxygens (including phenoxy) is 2. The summed E-state index contributed by atoms with van der Waals surface area (Å²) in [7, 11) is 1.63. The predicted molar refractivity (Wildman–Crippen MR) is 75.2 cm³/mol. The van der Waals surface area contributed by atoms with Crippen molar-refractivity contribution >= 4 is 5.82 Å². The van der Waals surface area contributed by atoms with Crippen molar-refractivity contribution in [2.75, 3.05) is 19.1 Å². The molecule has 3 N–H and O–H groups in total. The number of nitrogen functional groups attached to an aromatic ring is 1. The number of nitrogens with one attached hydrogen (secondary N) is 1. The van der Waals surface area contributed by atoms with Crippen LogP contribution in [-0.2, 0) is 17.8 Å². The van der Waals surface area contributed by atoms with Gasteiger partial charge in [-0.2, -0.15) is 0 Å². The van der Waals surface area contributed by atoms with Crippen LogP contribution in [0, 0.1) is 0 Å². The molecule has 0 aliphatic carbocycles. The number of hydrazine groups is 1. The largest absolute Gasteiger partial charge is 0.493 e. The van der Waals surface area contributed by atoms with Crippen molar-refractivity contribution in [2.45, 2.75) is 13.0 Å². The van der Waals surface area contributed by atoms with E-state index in [9.17, 15) is 0 Å². The van der Waals surface area contributed by atoms with Crippen molar-refractivity contribution in [2.24, 2.45) is 5.84 Å². The van der Waals surface area contributed by atoms with Gasteiger partial charge in [-0.05, 0) is 23.8 Å². The van der Waals surface area contributed by atoms with E-state index in [-0.39, 0.29) is 0 Å². The predicted octanol–water partition coefficient (Wildman–Crippen LogP) is 1.51. The molecule has 2 heterocycles. The van der Waals surface area contributed by atoms with E-state index in [1.807, 2.05) is 12.1 Å². The maximum Gasteiger partial charge on any atom is 0.161 e. The average molecular weight is 272 g/mol. The molecule has 0 amide bonds. The number of rotatable bonds is 4. The number of nitrogens with zero attached hydrogens (tertiary/aromatic N) is 2. The second kappa shape index (κ2) is 5.44. The molecule has 2 aromatic rings. The van der Waals surface area contributed by atoms with Crippen molar-refractivity contribution in [3.8, 4) is 17.1 Å². The molecule has 20 heavy (non-hydrogen) atoms. The minimum atomic E-state index is 0.415. The molecule has 0 unspecified atom stereocenters. The summed E-state index contributed by atoms with van der Waals surface area (Å²) in [5.41, 5.74) is 5.47. The first-order valence-electron chi connectivity index (χ1n) is 6.40. The van der Waals surface area contributed by atoms with Crippen LogP contribution in [0.25, 0.3) is 11.4 Å². The third kappa shape index (κ3) is 2.43. The molecule has 104 valence electrons. The monoisotopic (exact) mass is 272 g/mol. The molecule has 1 aromatic carbocycles. The summed E-state index contributed by atoms with van der Waals surface area (Å²) in [6, 6.07) is 7.74. The van der Waals surface area contributed by atoms with Crippen molar-refractivity contribution < 1.29 is 9.47 Å². The summed E-state index contributed by atoms with van der Waals surface area (Å²) < 4.78 is 10.6. The number of methoxy groups -OCH3 is 1. The molecule has 6 heteroatoms. The minimum absolute atomic E-state index is 0.415. The fourth-order valence-electron chi connectivity index (χ4n) is 2.25. The van der Waals surface area contributed by atoms with Gasteiger partial charge in [0.25, 0.3) is 0 Å². The average Bonchev–Trinajstić information content (AvgIpc) is 2.94. The third-order valence-electron chi connectivity index (χ3n) is 3.17. The maximum absolute atomic E-state index is 5.50. The van der Waals surface area contributed by atoms with Crippen LogP contribution in [0.3, 0.4) is 0 Å². The Morgan fingerprint density at radius 1 is 1.35 bits per heavy atom. The lowest BCUT2D eigenvalue weighted by molar-refractivity contribution is 0.181. The number of hydrogen-bond donors (Lipinski definition) is 2. The zero-order chi connectivity index (χ0) is 13.9. The fraction of sp³-hybridized carbons (Fsp3) is 0.286. The second-order valence-electron chi connectivity index (χ2n) is 4.57. The van der Waals surface area contributed by atoms with Gasteiger partial charge in [0.1, 0.15) is 11.6 Å². The highest BCUT2D eigenvalue weighted by atomic mass is 16.5. The Kier molecular flexibility index (Phi) is 3.49. The Labute approximate surface area is 116 Å². The molecule has 0 atom stereocenters. The molecule has 0 fully saturated rings. The maximum atomic E-state index is 5.50. The molecular weight excluding hydrogens is 256 g/mol. The van der Waals surface area contributed by atoms with Crippen LogP contribution in [0.1, 0.15) is 11.3 Å². The summed E-state index contributed by atoms with van der Waals surface area (Å²) in [5, 5.41) is 0. The lowest BCUT2D eigenvalue weighted by Crippen LogP contribution is -2.10. The molecule has 1 aliphatic rings. The number of benzene rings is 1. The molecule has 0 radical (unpaired) electrons. The lowest BCUT2D eigenvalue weighted by Gasteiger charge is -2.08. The molecule has 0 spiro atoms. The van der Waals surface area contributed by atoms with Crippen molar-refractivity contribution in [1.82, 2.24) is 9.97 Å². The molecular formula is C14H16N4O2. The quantitative estimate of drug-likeness (QED) is 0.648. The van der Waals surface area contributed by atoms with Gasteiger partial charge >= 0.3 is 0 Å². The highest BCUT2D eigenvalue weighted by molar-refractivity contribution is 5.61. The first kappa shape index (κ1) is 12.8. The fourth-order valence-corrected chi connectivity index (χ4v) is 2.25.